The summed E-state index contributed by atoms with van der Waals surface area (Å²) in [5, 5.41) is 8.57. The number of nitriles is 1. The van der Waals surface area contributed by atoms with Crippen LogP contribution in [-0.4, -0.2) is 0 Å². The second-order valence-corrected chi connectivity index (χ2v) is 3.04. The Morgan fingerprint density at radius 3 is 2.33 bits per heavy atom. The fraction of sp³-hybridized carbons (Fsp3) is 0.364. The molecule has 0 aromatic heterocycles. The van der Waals surface area contributed by atoms with E-state index >= 15 is 0 Å². The van der Waals surface area contributed by atoms with Crippen LogP contribution in [0.25, 0.3) is 0 Å². The van der Waals surface area contributed by atoms with Gasteiger partial charge >= 0.3 is 0 Å². The molecule has 0 saturated carbocycles. The van der Waals surface area contributed by atoms with Crippen molar-refractivity contribution in [1.82, 2.24) is 0 Å². The molecule has 1 atom stereocenters. The SMILES string of the molecule is CCC(C)c1ccc(C#N)cc1. The maximum absolute atomic E-state index is 8.57. The van der Waals surface area contributed by atoms with E-state index in [0.717, 1.165) is 12.0 Å². The zero-order chi connectivity index (χ0) is 8.97. The summed E-state index contributed by atoms with van der Waals surface area (Å²) in [5.74, 6) is 0.595. The van der Waals surface area contributed by atoms with Gasteiger partial charge in [-0.2, -0.15) is 5.26 Å². The Balaban J connectivity index is 2.86. The molecule has 1 nitrogen and oxygen atoms in total. The van der Waals surface area contributed by atoms with Crippen molar-refractivity contribution < 1.29 is 0 Å². The third-order valence-corrected chi connectivity index (χ3v) is 2.22. The minimum atomic E-state index is 0.595. The first-order valence-electron chi connectivity index (χ1n) is 4.28. The third kappa shape index (κ3) is 1.85. The van der Waals surface area contributed by atoms with E-state index in [1.165, 1.54) is 5.56 Å². The molecule has 1 heteroatoms. The van der Waals surface area contributed by atoms with Gasteiger partial charge < -0.3 is 0 Å². The van der Waals surface area contributed by atoms with E-state index in [0.29, 0.717) is 5.92 Å². The van der Waals surface area contributed by atoms with E-state index in [2.05, 4.69) is 19.9 Å². The monoisotopic (exact) mass is 159 g/mol. The summed E-state index contributed by atoms with van der Waals surface area (Å²) < 4.78 is 0. The lowest BCUT2D eigenvalue weighted by Gasteiger charge is -2.07. The van der Waals surface area contributed by atoms with Crippen LogP contribution in [0.1, 0.15) is 37.3 Å². The lowest BCUT2D eigenvalue weighted by Crippen LogP contribution is -1.90. The molecule has 0 N–H and O–H groups in total. The van der Waals surface area contributed by atoms with Crippen molar-refractivity contribution in [2.75, 3.05) is 0 Å². The van der Waals surface area contributed by atoms with Crippen LogP contribution in [0.4, 0.5) is 0 Å². The van der Waals surface area contributed by atoms with Gasteiger partial charge in [-0.3, -0.25) is 0 Å². The van der Waals surface area contributed by atoms with Gasteiger partial charge in [0, 0.05) is 0 Å². The van der Waals surface area contributed by atoms with Crippen LogP contribution in [0, 0.1) is 11.3 Å². The number of rotatable bonds is 2. The Bertz CT molecular complexity index is 279. The number of hydrogen-bond acceptors (Lipinski definition) is 1. The zero-order valence-corrected chi connectivity index (χ0v) is 7.54. The summed E-state index contributed by atoms with van der Waals surface area (Å²) in [6.45, 7) is 4.37. The van der Waals surface area contributed by atoms with Crippen molar-refractivity contribution in [2.45, 2.75) is 26.2 Å². The van der Waals surface area contributed by atoms with E-state index in [-0.39, 0.29) is 0 Å². The molecular weight excluding hydrogens is 146 g/mol. The van der Waals surface area contributed by atoms with Crippen LogP contribution in [0.5, 0.6) is 0 Å². The summed E-state index contributed by atoms with van der Waals surface area (Å²) in [7, 11) is 0. The number of nitrogens with zero attached hydrogens (tertiary/aromatic N) is 1. The van der Waals surface area contributed by atoms with E-state index < -0.39 is 0 Å². The van der Waals surface area contributed by atoms with E-state index in [4.69, 9.17) is 5.26 Å². The second-order valence-electron chi connectivity index (χ2n) is 3.04. The number of hydrogen-bond donors (Lipinski definition) is 0. The van der Waals surface area contributed by atoms with Crippen LogP contribution in [0.15, 0.2) is 24.3 Å². The molecule has 0 aliphatic rings. The highest BCUT2D eigenvalue weighted by molar-refractivity contribution is 5.32. The van der Waals surface area contributed by atoms with Gasteiger partial charge in [-0.1, -0.05) is 26.0 Å². The largest absolute Gasteiger partial charge is 0.192 e. The first-order valence-corrected chi connectivity index (χ1v) is 4.28. The fourth-order valence-electron chi connectivity index (χ4n) is 1.12. The molecule has 1 rings (SSSR count). The van der Waals surface area contributed by atoms with Gasteiger partial charge in [0.2, 0.25) is 0 Å². The van der Waals surface area contributed by atoms with Crippen LogP contribution >= 0.6 is 0 Å². The van der Waals surface area contributed by atoms with E-state index in [1.807, 2.05) is 24.3 Å². The summed E-state index contributed by atoms with van der Waals surface area (Å²) in [4.78, 5) is 0. The smallest absolute Gasteiger partial charge is 0.0991 e. The highest BCUT2D eigenvalue weighted by Crippen LogP contribution is 2.18. The lowest BCUT2D eigenvalue weighted by atomic mass is 9.98. The standard InChI is InChI=1S/C11H13N/c1-3-9(2)11-6-4-10(8-12)5-7-11/h4-7,9H,3H2,1-2H3. The molecule has 0 aliphatic heterocycles. The summed E-state index contributed by atoms with van der Waals surface area (Å²) in [6, 6.07) is 9.93. The first kappa shape index (κ1) is 8.80. The maximum Gasteiger partial charge on any atom is 0.0991 e. The van der Waals surface area contributed by atoms with Gasteiger partial charge in [0.1, 0.15) is 0 Å². The van der Waals surface area contributed by atoms with Crippen molar-refractivity contribution in [1.29, 1.82) is 5.26 Å². The Morgan fingerprint density at radius 2 is 1.92 bits per heavy atom. The lowest BCUT2D eigenvalue weighted by molar-refractivity contribution is 0.733. The Morgan fingerprint density at radius 1 is 1.33 bits per heavy atom. The van der Waals surface area contributed by atoms with Crippen LogP contribution < -0.4 is 0 Å². The predicted molar refractivity (Wildman–Crippen MR) is 49.9 cm³/mol. The van der Waals surface area contributed by atoms with Crippen molar-refractivity contribution >= 4 is 0 Å². The molecule has 62 valence electrons. The van der Waals surface area contributed by atoms with Gasteiger partial charge in [-0.15, -0.1) is 0 Å². The minimum Gasteiger partial charge on any atom is -0.192 e. The average molecular weight is 159 g/mol. The van der Waals surface area contributed by atoms with Gasteiger partial charge in [-0.25, -0.2) is 0 Å². The highest BCUT2D eigenvalue weighted by Gasteiger charge is 2.01. The summed E-state index contributed by atoms with van der Waals surface area (Å²) in [6.07, 6.45) is 1.14. The van der Waals surface area contributed by atoms with Gasteiger partial charge in [0.25, 0.3) is 0 Å². The molecule has 1 unspecified atom stereocenters. The topological polar surface area (TPSA) is 23.8 Å². The molecule has 0 fully saturated rings. The Hall–Kier alpha value is -1.29. The van der Waals surface area contributed by atoms with E-state index in [1.54, 1.807) is 0 Å². The van der Waals surface area contributed by atoms with Crippen LogP contribution in [0.2, 0.25) is 0 Å². The molecule has 0 amide bonds. The van der Waals surface area contributed by atoms with Gasteiger partial charge in [0.05, 0.1) is 11.6 Å². The molecule has 1 aromatic rings. The maximum atomic E-state index is 8.57. The molecular formula is C11H13N. The summed E-state index contributed by atoms with van der Waals surface area (Å²) in [5.41, 5.74) is 2.05. The quantitative estimate of drug-likeness (QED) is 0.650. The highest BCUT2D eigenvalue weighted by atomic mass is 14.2. The molecule has 0 saturated heterocycles. The predicted octanol–water partition coefficient (Wildman–Crippen LogP) is 3.07. The average Bonchev–Trinajstić information content (AvgIpc) is 2.17. The van der Waals surface area contributed by atoms with Crippen LogP contribution in [0.3, 0.4) is 0 Å². The molecule has 1 aromatic carbocycles. The van der Waals surface area contributed by atoms with Crippen molar-refractivity contribution in [3.63, 3.8) is 0 Å². The van der Waals surface area contributed by atoms with Crippen molar-refractivity contribution in [3.05, 3.63) is 35.4 Å². The number of benzene rings is 1. The van der Waals surface area contributed by atoms with Crippen molar-refractivity contribution in [3.8, 4) is 6.07 Å². The fourth-order valence-corrected chi connectivity index (χ4v) is 1.12. The van der Waals surface area contributed by atoms with Gasteiger partial charge in [-0.05, 0) is 30.0 Å². The van der Waals surface area contributed by atoms with Gasteiger partial charge in [0.15, 0.2) is 0 Å². The first-order chi connectivity index (χ1) is 5.77. The Kier molecular flexibility index (Phi) is 2.88. The Labute approximate surface area is 73.6 Å². The molecule has 0 bridgehead atoms. The third-order valence-electron chi connectivity index (χ3n) is 2.22. The molecule has 0 radical (unpaired) electrons. The minimum absolute atomic E-state index is 0.595. The molecule has 0 aliphatic carbocycles. The van der Waals surface area contributed by atoms with E-state index in [9.17, 15) is 0 Å². The molecule has 12 heavy (non-hydrogen) atoms. The normalized spacial score (nSPS) is 12.1. The second kappa shape index (κ2) is 3.92. The zero-order valence-electron chi connectivity index (χ0n) is 7.54. The molecule has 0 spiro atoms. The van der Waals surface area contributed by atoms with Crippen LogP contribution in [-0.2, 0) is 0 Å². The molecule has 0 heterocycles. The summed E-state index contributed by atoms with van der Waals surface area (Å²) >= 11 is 0. The van der Waals surface area contributed by atoms with Crippen molar-refractivity contribution in [2.24, 2.45) is 0 Å².